The van der Waals surface area contributed by atoms with Crippen LogP contribution in [0.1, 0.15) is 11.1 Å². The van der Waals surface area contributed by atoms with Gasteiger partial charge in [-0.3, -0.25) is 0 Å². The molecule has 0 bridgehead atoms. The smallest absolute Gasteiger partial charge is 0.179 e. The molecule has 0 aliphatic carbocycles. The van der Waals surface area contributed by atoms with Crippen LogP contribution in [0.5, 0.6) is 11.5 Å². The summed E-state index contributed by atoms with van der Waals surface area (Å²) < 4.78 is 34.4. The minimum Gasteiger partial charge on any atom is -0.496 e. The predicted molar refractivity (Wildman–Crippen MR) is 91.8 cm³/mol. The maximum Gasteiger partial charge on any atom is 0.179 e. The third-order valence-electron chi connectivity index (χ3n) is 3.41. The van der Waals surface area contributed by atoms with Crippen molar-refractivity contribution in [1.82, 2.24) is 0 Å². The van der Waals surface area contributed by atoms with Crippen LogP contribution in [-0.4, -0.2) is 28.9 Å². The Morgan fingerprint density at radius 2 is 1.65 bits per heavy atom. The molecule has 0 unspecified atom stereocenters. The van der Waals surface area contributed by atoms with E-state index in [-0.39, 0.29) is 4.90 Å². The van der Waals surface area contributed by atoms with E-state index in [2.05, 4.69) is 0 Å². The molecule has 0 fully saturated rings. The molecule has 0 aliphatic heterocycles. The number of allylic oxidation sites excluding steroid dienone is 1. The Morgan fingerprint density at radius 3 is 2.22 bits per heavy atom. The monoisotopic (exact) mass is 332 g/mol. The zero-order chi connectivity index (χ0) is 16.9. The lowest BCUT2D eigenvalue weighted by atomic mass is 10.1. The first-order valence-electron chi connectivity index (χ1n) is 7.12. The van der Waals surface area contributed by atoms with E-state index in [1.54, 1.807) is 19.2 Å². The molecule has 122 valence electrons. The second kappa shape index (κ2) is 7.33. The SMILES string of the molecule is COc1cc(OC)c(S(C)(=O)=O)cc1CC=Cc1ccccc1. The lowest BCUT2D eigenvalue weighted by Gasteiger charge is -2.13. The molecule has 0 saturated carbocycles. The fourth-order valence-electron chi connectivity index (χ4n) is 2.27. The van der Waals surface area contributed by atoms with Crippen LogP contribution in [0.3, 0.4) is 0 Å². The number of benzene rings is 2. The standard InChI is InChI=1S/C18H20O4S/c1-21-16-13-17(22-2)18(23(3,19)20)12-15(16)11-7-10-14-8-5-4-6-9-14/h4-10,12-13H,11H2,1-3H3. The van der Waals surface area contributed by atoms with Gasteiger partial charge in [-0.25, -0.2) is 8.42 Å². The molecule has 2 rings (SSSR count). The zero-order valence-corrected chi connectivity index (χ0v) is 14.3. The molecule has 5 heteroatoms. The van der Waals surface area contributed by atoms with Gasteiger partial charge in [-0.1, -0.05) is 42.5 Å². The van der Waals surface area contributed by atoms with Gasteiger partial charge >= 0.3 is 0 Å². The summed E-state index contributed by atoms with van der Waals surface area (Å²) in [6, 6.07) is 13.1. The lowest BCUT2D eigenvalue weighted by Crippen LogP contribution is -2.03. The molecule has 0 aliphatic rings. The quantitative estimate of drug-likeness (QED) is 0.814. The van der Waals surface area contributed by atoms with Crippen molar-refractivity contribution in [2.75, 3.05) is 20.5 Å². The van der Waals surface area contributed by atoms with Crippen LogP contribution in [0.15, 0.2) is 53.4 Å². The highest BCUT2D eigenvalue weighted by Gasteiger charge is 2.18. The van der Waals surface area contributed by atoms with Crippen molar-refractivity contribution in [2.24, 2.45) is 0 Å². The molecule has 0 atom stereocenters. The normalized spacial score (nSPS) is 11.6. The number of ether oxygens (including phenoxy) is 2. The van der Waals surface area contributed by atoms with Crippen LogP contribution in [0.4, 0.5) is 0 Å². The summed E-state index contributed by atoms with van der Waals surface area (Å²) in [6.45, 7) is 0. The Kier molecular flexibility index (Phi) is 5.45. The average Bonchev–Trinajstić information content (AvgIpc) is 2.54. The van der Waals surface area contributed by atoms with Crippen molar-refractivity contribution in [2.45, 2.75) is 11.3 Å². The lowest BCUT2D eigenvalue weighted by molar-refractivity contribution is 0.384. The summed E-state index contributed by atoms with van der Waals surface area (Å²) >= 11 is 0. The maximum atomic E-state index is 11.9. The van der Waals surface area contributed by atoms with Crippen molar-refractivity contribution in [3.05, 3.63) is 59.7 Å². The van der Waals surface area contributed by atoms with Crippen molar-refractivity contribution in [3.63, 3.8) is 0 Å². The van der Waals surface area contributed by atoms with Gasteiger partial charge in [0.1, 0.15) is 16.4 Å². The fraction of sp³-hybridized carbons (Fsp3) is 0.222. The van der Waals surface area contributed by atoms with Crippen LogP contribution >= 0.6 is 0 Å². The van der Waals surface area contributed by atoms with Crippen molar-refractivity contribution in [1.29, 1.82) is 0 Å². The van der Waals surface area contributed by atoms with Crippen molar-refractivity contribution < 1.29 is 17.9 Å². The Hall–Kier alpha value is -2.27. The van der Waals surface area contributed by atoms with E-state index in [0.717, 1.165) is 11.1 Å². The van der Waals surface area contributed by atoms with Gasteiger partial charge in [0.2, 0.25) is 0 Å². The molecule has 0 spiro atoms. The number of hydrogen-bond acceptors (Lipinski definition) is 4. The molecular formula is C18H20O4S. The summed E-state index contributed by atoms with van der Waals surface area (Å²) in [5.41, 5.74) is 1.88. The second-order valence-corrected chi connectivity index (χ2v) is 7.09. The summed E-state index contributed by atoms with van der Waals surface area (Å²) in [4.78, 5) is 0.170. The highest BCUT2D eigenvalue weighted by Crippen LogP contribution is 2.32. The topological polar surface area (TPSA) is 52.6 Å². The van der Waals surface area contributed by atoms with Crippen LogP contribution in [0, 0.1) is 0 Å². The first-order valence-corrected chi connectivity index (χ1v) is 9.01. The van der Waals surface area contributed by atoms with Crippen LogP contribution in [0.2, 0.25) is 0 Å². The molecule has 2 aromatic carbocycles. The molecule has 0 amide bonds. The second-order valence-electron chi connectivity index (χ2n) is 5.10. The highest BCUT2D eigenvalue weighted by atomic mass is 32.2. The molecule has 0 saturated heterocycles. The minimum absolute atomic E-state index is 0.170. The zero-order valence-electron chi connectivity index (χ0n) is 13.4. The van der Waals surface area contributed by atoms with Gasteiger partial charge in [-0.15, -0.1) is 0 Å². The number of hydrogen-bond donors (Lipinski definition) is 0. The molecule has 23 heavy (non-hydrogen) atoms. The van der Waals surface area contributed by atoms with Crippen molar-refractivity contribution in [3.8, 4) is 11.5 Å². The van der Waals surface area contributed by atoms with Gasteiger partial charge in [0.15, 0.2) is 9.84 Å². The third kappa shape index (κ3) is 4.36. The minimum atomic E-state index is -3.37. The molecular weight excluding hydrogens is 312 g/mol. The highest BCUT2D eigenvalue weighted by molar-refractivity contribution is 7.90. The first-order chi connectivity index (χ1) is 11.0. The number of methoxy groups -OCH3 is 2. The van der Waals surface area contributed by atoms with Gasteiger partial charge in [-0.2, -0.15) is 0 Å². The summed E-state index contributed by atoms with van der Waals surface area (Å²) in [5, 5.41) is 0. The molecule has 0 N–H and O–H groups in total. The van der Waals surface area contributed by atoms with E-state index in [1.165, 1.54) is 13.4 Å². The Balaban J connectivity index is 2.35. The van der Waals surface area contributed by atoms with Gasteiger partial charge in [0.25, 0.3) is 0 Å². The van der Waals surface area contributed by atoms with E-state index >= 15 is 0 Å². The van der Waals surface area contributed by atoms with E-state index in [1.807, 2.05) is 42.5 Å². The predicted octanol–water partition coefficient (Wildman–Crippen LogP) is 3.36. The molecule has 0 radical (unpaired) electrons. The van der Waals surface area contributed by atoms with Crippen LogP contribution in [-0.2, 0) is 16.3 Å². The van der Waals surface area contributed by atoms with E-state index in [0.29, 0.717) is 17.9 Å². The molecule has 0 heterocycles. The maximum absolute atomic E-state index is 11.9. The van der Waals surface area contributed by atoms with Crippen LogP contribution < -0.4 is 9.47 Å². The summed E-state index contributed by atoms with van der Waals surface area (Å²) in [6.07, 6.45) is 5.70. The van der Waals surface area contributed by atoms with E-state index in [4.69, 9.17) is 9.47 Å². The average molecular weight is 332 g/mol. The van der Waals surface area contributed by atoms with Gasteiger partial charge < -0.3 is 9.47 Å². The van der Waals surface area contributed by atoms with Crippen molar-refractivity contribution >= 4 is 15.9 Å². The molecule has 2 aromatic rings. The number of sulfone groups is 1. The summed E-state index contributed by atoms with van der Waals surface area (Å²) in [5.74, 6) is 0.895. The Morgan fingerprint density at radius 1 is 1.00 bits per heavy atom. The third-order valence-corrected chi connectivity index (χ3v) is 4.53. The molecule has 4 nitrogen and oxygen atoms in total. The summed E-state index contributed by atoms with van der Waals surface area (Å²) in [7, 11) is -0.377. The number of rotatable bonds is 6. The Bertz CT molecular complexity index is 793. The molecule has 0 aromatic heterocycles. The van der Waals surface area contributed by atoms with Gasteiger partial charge in [0, 0.05) is 12.3 Å². The Labute approximate surface area is 137 Å². The van der Waals surface area contributed by atoms with Gasteiger partial charge in [0.05, 0.1) is 14.2 Å². The van der Waals surface area contributed by atoms with Gasteiger partial charge in [-0.05, 0) is 23.6 Å². The largest absolute Gasteiger partial charge is 0.496 e. The fourth-order valence-corrected chi connectivity index (χ4v) is 3.13. The van der Waals surface area contributed by atoms with E-state index in [9.17, 15) is 8.42 Å². The first kappa shape index (κ1) is 17.1. The van der Waals surface area contributed by atoms with Crippen LogP contribution in [0.25, 0.3) is 6.08 Å². The van der Waals surface area contributed by atoms with E-state index < -0.39 is 9.84 Å².